The Balaban J connectivity index is 1.55. The van der Waals surface area contributed by atoms with Gasteiger partial charge >= 0.3 is 0 Å². The predicted molar refractivity (Wildman–Crippen MR) is 116 cm³/mol. The SMILES string of the molecule is Cc1ccc(C(=O)Nc2ccc3nc(NS(=O)(=O)c4ccccc4)sc3c2)cc1F. The Hall–Kier alpha value is -3.30. The number of aromatic nitrogens is 1. The van der Waals surface area contributed by atoms with E-state index < -0.39 is 21.7 Å². The molecule has 9 heteroatoms. The van der Waals surface area contributed by atoms with Crippen molar-refractivity contribution < 1.29 is 17.6 Å². The van der Waals surface area contributed by atoms with Crippen molar-refractivity contribution in [1.29, 1.82) is 0 Å². The van der Waals surface area contributed by atoms with Gasteiger partial charge in [-0.1, -0.05) is 35.6 Å². The molecular weight excluding hydrogens is 425 g/mol. The van der Waals surface area contributed by atoms with Gasteiger partial charge in [0, 0.05) is 11.3 Å². The lowest BCUT2D eigenvalue weighted by atomic mass is 10.1. The Kier molecular flexibility index (Phi) is 5.23. The summed E-state index contributed by atoms with van der Waals surface area (Å²) in [6.07, 6.45) is 0. The number of carbonyl (C=O) groups is 1. The topological polar surface area (TPSA) is 88.2 Å². The number of anilines is 2. The van der Waals surface area contributed by atoms with Crippen LogP contribution in [-0.2, 0) is 10.0 Å². The summed E-state index contributed by atoms with van der Waals surface area (Å²) in [5.74, 6) is -0.890. The van der Waals surface area contributed by atoms with Crippen LogP contribution in [0.15, 0.2) is 71.6 Å². The third-order valence-electron chi connectivity index (χ3n) is 4.36. The fraction of sp³-hybridized carbons (Fsp3) is 0.0476. The summed E-state index contributed by atoms with van der Waals surface area (Å²) < 4.78 is 41.8. The molecule has 0 radical (unpaired) electrons. The van der Waals surface area contributed by atoms with Crippen LogP contribution in [0, 0.1) is 12.7 Å². The molecule has 152 valence electrons. The summed E-state index contributed by atoms with van der Waals surface area (Å²) in [7, 11) is -3.74. The molecule has 0 bridgehead atoms. The van der Waals surface area contributed by atoms with Crippen LogP contribution in [0.1, 0.15) is 15.9 Å². The van der Waals surface area contributed by atoms with Gasteiger partial charge in [0.2, 0.25) is 0 Å². The molecule has 4 rings (SSSR count). The molecule has 0 atom stereocenters. The third-order valence-corrected chi connectivity index (χ3v) is 6.77. The lowest BCUT2D eigenvalue weighted by Crippen LogP contribution is -2.12. The summed E-state index contributed by atoms with van der Waals surface area (Å²) in [5.41, 5.74) is 1.75. The standard InChI is InChI=1S/C21H16FN3O3S2/c1-13-7-8-14(11-17(13)22)20(26)23-15-9-10-18-19(12-15)29-21(24-18)25-30(27,28)16-5-3-2-4-6-16/h2-12H,1H3,(H,23,26)(H,24,25). The van der Waals surface area contributed by atoms with Gasteiger partial charge in [-0.3, -0.25) is 9.52 Å². The Bertz CT molecular complexity index is 1350. The van der Waals surface area contributed by atoms with Crippen LogP contribution in [0.4, 0.5) is 15.2 Å². The van der Waals surface area contributed by atoms with E-state index in [0.717, 1.165) is 11.3 Å². The molecule has 0 unspecified atom stereocenters. The molecular formula is C21H16FN3O3S2. The number of sulfonamides is 1. The molecule has 1 amide bonds. The molecule has 2 N–H and O–H groups in total. The predicted octanol–water partition coefficient (Wildman–Crippen LogP) is 4.80. The van der Waals surface area contributed by atoms with Crippen molar-refractivity contribution in [2.24, 2.45) is 0 Å². The highest BCUT2D eigenvalue weighted by Gasteiger charge is 2.16. The first-order valence-electron chi connectivity index (χ1n) is 8.88. The number of hydrogen-bond donors (Lipinski definition) is 2. The zero-order chi connectivity index (χ0) is 21.3. The molecule has 6 nitrogen and oxygen atoms in total. The molecule has 30 heavy (non-hydrogen) atoms. The molecule has 0 aliphatic rings. The number of nitrogens with zero attached hydrogens (tertiary/aromatic N) is 1. The number of carbonyl (C=O) groups excluding carboxylic acids is 1. The second kappa shape index (κ2) is 7.85. The van der Waals surface area contributed by atoms with Crippen molar-refractivity contribution in [2.75, 3.05) is 10.0 Å². The van der Waals surface area contributed by atoms with Crippen LogP contribution in [0.25, 0.3) is 10.2 Å². The number of amides is 1. The summed E-state index contributed by atoms with van der Waals surface area (Å²) in [6, 6.07) is 17.3. The number of fused-ring (bicyclic) bond motifs is 1. The second-order valence-electron chi connectivity index (χ2n) is 6.54. The molecule has 1 heterocycles. The summed E-state index contributed by atoms with van der Waals surface area (Å²) in [6.45, 7) is 1.62. The van der Waals surface area contributed by atoms with Crippen LogP contribution in [0.3, 0.4) is 0 Å². The lowest BCUT2D eigenvalue weighted by molar-refractivity contribution is 0.102. The first kappa shape index (κ1) is 20.0. The van der Waals surface area contributed by atoms with Crippen molar-refractivity contribution in [3.05, 3.63) is 83.7 Å². The van der Waals surface area contributed by atoms with E-state index in [1.807, 2.05) is 0 Å². The second-order valence-corrected chi connectivity index (χ2v) is 9.25. The molecule has 0 saturated heterocycles. The fourth-order valence-corrected chi connectivity index (χ4v) is 4.92. The number of thiazole rings is 1. The highest BCUT2D eigenvalue weighted by Crippen LogP contribution is 2.30. The maximum absolute atomic E-state index is 13.7. The zero-order valence-electron chi connectivity index (χ0n) is 15.7. The number of rotatable bonds is 5. The van der Waals surface area contributed by atoms with Gasteiger partial charge in [0.1, 0.15) is 5.82 Å². The maximum Gasteiger partial charge on any atom is 0.263 e. The Morgan fingerprint density at radius 3 is 2.53 bits per heavy atom. The average molecular weight is 442 g/mol. The molecule has 3 aromatic carbocycles. The molecule has 0 spiro atoms. The third kappa shape index (κ3) is 4.17. The monoisotopic (exact) mass is 441 g/mol. The van der Waals surface area contributed by atoms with Gasteiger partial charge in [-0.25, -0.2) is 17.8 Å². The number of halogens is 1. The van der Waals surface area contributed by atoms with Crippen molar-refractivity contribution in [3.63, 3.8) is 0 Å². The highest BCUT2D eigenvalue weighted by atomic mass is 32.2. The van der Waals surface area contributed by atoms with E-state index in [1.54, 1.807) is 55.5 Å². The van der Waals surface area contributed by atoms with E-state index in [0.29, 0.717) is 21.5 Å². The van der Waals surface area contributed by atoms with Gasteiger partial charge in [-0.05, 0) is 55.0 Å². The Morgan fingerprint density at radius 2 is 1.80 bits per heavy atom. The number of aryl methyl sites for hydroxylation is 1. The van der Waals surface area contributed by atoms with Crippen LogP contribution in [0.2, 0.25) is 0 Å². The molecule has 0 aliphatic heterocycles. The van der Waals surface area contributed by atoms with Crippen LogP contribution >= 0.6 is 11.3 Å². The zero-order valence-corrected chi connectivity index (χ0v) is 17.4. The lowest BCUT2D eigenvalue weighted by Gasteiger charge is -2.06. The molecule has 4 aromatic rings. The van der Waals surface area contributed by atoms with Crippen molar-refractivity contribution >= 4 is 48.3 Å². The van der Waals surface area contributed by atoms with E-state index in [2.05, 4.69) is 15.0 Å². The minimum atomic E-state index is -3.74. The molecule has 0 aliphatic carbocycles. The number of benzene rings is 3. The highest BCUT2D eigenvalue weighted by molar-refractivity contribution is 7.93. The van der Waals surface area contributed by atoms with Gasteiger partial charge in [-0.2, -0.15) is 0 Å². The van der Waals surface area contributed by atoms with E-state index >= 15 is 0 Å². The maximum atomic E-state index is 13.7. The van der Waals surface area contributed by atoms with Crippen molar-refractivity contribution in [3.8, 4) is 0 Å². The van der Waals surface area contributed by atoms with E-state index in [1.165, 1.54) is 18.2 Å². The molecule has 0 saturated carbocycles. The smallest absolute Gasteiger partial charge is 0.263 e. The van der Waals surface area contributed by atoms with Gasteiger partial charge in [0.05, 0.1) is 15.1 Å². The van der Waals surface area contributed by atoms with Gasteiger partial charge < -0.3 is 5.32 Å². The minimum Gasteiger partial charge on any atom is -0.322 e. The summed E-state index contributed by atoms with van der Waals surface area (Å²) >= 11 is 1.15. The van der Waals surface area contributed by atoms with E-state index in [4.69, 9.17) is 0 Å². The van der Waals surface area contributed by atoms with E-state index in [-0.39, 0.29) is 15.6 Å². The van der Waals surface area contributed by atoms with Gasteiger partial charge in [0.15, 0.2) is 5.13 Å². The Labute approximate surface area is 176 Å². The molecule has 1 aromatic heterocycles. The van der Waals surface area contributed by atoms with Crippen molar-refractivity contribution in [1.82, 2.24) is 4.98 Å². The normalized spacial score (nSPS) is 11.4. The first-order chi connectivity index (χ1) is 14.3. The van der Waals surface area contributed by atoms with Crippen LogP contribution in [0.5, 0.6) is 0 Å². The summed E-state index contributed by atoms with van der Waals surface area (Å²) in [4.78, 5) is 16.8. The van der Waals surface area contributed by atoms with Crippen LogP contribution in [-0.4, -0.2) is 19.3 Å². The quantitative estimate of drug-likeness (QED) is 0.466. The van der Waals surface area contributed by atoms with Crippen LogP contribution < -0.4 is 10.0 Å². The molecule has 0 fully saturated rings. The summed E-state index contributed by atoms with van der Waals surface area (Å²) in [5, 5.41) is 2.94. The largest absolute Gasteiger partial charge is 0.322 e. The first-order valence-corrected chi connectivity index (χ1v) is 11.2. The minimum absolute atomic E-state index is 0.141. The fourth-order valence-electron chi connectivity index (χ4n) is 2.76. The number of hydrogen-bond acceptors (Lipinski definition) is 5. The average Bonchev–Trinajstić information content (AvgIpc) is 3.11. The van der Waals surface area contributed by atoms with Crippen molar-refractivity contribution in [2.45, 2.75) is 11.8 Å². The van der Waals surface area contributed by atoms with E-state index in [9.17, 15) is 17.6 Å². The van der Waals surface area contributed by atoms with Gasteiger partial charge in [0.25, 0.3) is 15.9 Å². The number of nitrogens with one attached hydrogen (secondary N) is 2. The van der Waals surface area contributed by atoms with Gasteiger partial charge in [-0.15, -0.1) is 0 Å². The Morgan fingerprint density at radius 1 is 1.03 bits per heavy atom.